The normalized spacial score (nSPS) is 36.9. The van der Waals surface area contributed by atoms with Crippen LogP contribution in [0.2, 0.25) is 0 Å². The average Bonchev–Trinajstić information content (AvgIpc) is 3.05. The lowest BCUT2D eigenvalue weighted by Gasteiger charge is -2.44. The highest BCUT2D eigenvalue weighted by Crippen LogP contribution is 2.59. The van der Waals surface area contributed by atoms with Crippen LogP contribution in [0, 0.1) is 29.1 Å². The highest BCUT2D eigenvalue weighted by atomic mass is 16.3. The first-order chi connectivity index (χ1) is 14.1. The number of aliphatic hydroxyl groups excluding tert-OH is 2. The van der Waals surface area contributed by atoms with Crippen LogP contribution in [0.25, 0.3) is 0 Å². The molecule has 3 rings (SSSR count). The fourth-order valence-corrected chi connectivity index (χ4v) is 6.56. The van der Waals surface area contributed by atoms with E-state index in [4.69, 9.17) is 0 Å². The number of rotatable bonds is 6. The predicted molar refractivity (Wildman–Crippen MR) is 123 cm³/mol. The first-order valence-electron chi connectivity index (χ1n) is 12.1. The molecular weight excluding hydrogens is 372 g/mol. The Hall–Kier alpha value is -1.19. The third-order valence-corrected chi connectivity index (χ3v) is 8.40. The molecule has 0 aromatic heterocycles. The lowest BCUT2D eigenvalue weighted by atomic mass is 9.60. The van der Waals surface area contributed by atoms with Crippen molar-refractivity contribution in [1.82, 2.24) is 0 Å². The third kappa shape index (κ3) is 4.83. The topological polar surface area (TPSA) is 57.5 Å². The number of hydrogen-bond donors (Lipinski definition) is 2. The van der Waals surface area contributed by atoms with Crippen LogP contribution in [-0.2, 0) is 4.79 Å². The summed E-state index contributed by atoms with van der Waals surface area (Å²) in [5.41, 5.74) is 4.18. The van der Waals surface area contributed by atoms with Crippen molar-refractivity contribution in [2.24, 2.45) is 29.1 Å². The number of carbonyl (C=O) groups excluding carboxylic acids is 1. The molecule has 168 valence electrons. The van der Waals surface area contributed by atoms with Gasteiger partial charge in [-0.25, -0.2) is 0 Å². The Balaban J connectivity index is 1.73. The molecule has 0 spiro atoms. The van der Waals surface area contributed by atoms with Gasteiger partial charge in [-0.2, -0.15) is 0 Å². The molecule has 3 saturated carbocycles. The van der Waals surface area contributed by atoms with E-state index in [2.05, 4.69) is 32.6 Å². The van der Waals surface area contributed by atoms with Gasteiger partial charge in [0.15, 0.2) is 5.78 Å². The first kappa shape index (κ1) is 23.5. The molecule has 3 aliphatic carbocycles. The van der Waals surface area contributed by atoms with Crippen LogP contribution in [0.4, 0.5) is 0 Å². The number of Topliss-reactive ketones (excluding diaryl/α,β-unsaturated/α-hetero) is 1. The molecule has 0 amide bonds. The van der Waals surface area contributed by atoms with Crippen molar-refractivity contribution in [3.8, 4) is 0 Å². The van der Waals surface area contributed by atoms with Crippen LogP contribution < -0.4 is 0 Å². The Morgan fingerprint density at radius 3 is 2.63 bits per heavy atom. The van der Waals surface area contributed by atoms with Crippen molar-refractivity contribution < 1.29 is 15.0 Å². The van der Waals surface area contributed by atoms with Crippen molar-refractivity contribution in [3.63, 3.8) is 0 Å². The van der Waals surface area contributed by atoms with Crippen LogP contribution in [0.5, 0.6) is 0 Å². The van der Waals surface area contributed by atoms with E-state index < -0.39 is 6.10 Å². The van der Waals surface area contributed by atoms with Gasteiger partial charge >= 0.3 is 0 Å². The molecule has 3 fully saturated rings. The lowest BCUT2D eigenvalue weighted by Crippen LogP contribution is -2.37. The van der Waals surface area contributed by atoms with Crippen LogP contribution in [0.1, 0.15) is 85.5 Å². The summed E-state index contributed by atoms with van der Waals surface area (Å²) in [5.74, 6) is 1.43. The Morgan fingerprint density at radius 1 is 1.20 bits per heavy atom. The molecule has 0 aliphatic heterocycles. The van der Waals surface area contributed by atoms with Crippen LogP contribution in [0.3, 0.4) is 0 Å². The van der Waals surface area contributed by atoms with E-state index in [-0.39, 0.29) is 23.2 Å². The SMILES string of the molecule is C=C1CC[C@H](O)C/C1=C/C=C1\CCC[C@]2(C)[C@@H]([C@H](C)CC(=O)C(O)C(C)C)CC[C@@H]12. The molecule has 0 bridgehead atoms. The lowest BCUT2D eigenvalue weighted by molar-refractivity contribution is -0.130. The summed E-state index contributed by atoms with van der Waals surface area (Å²) >= 11 is 0. The van der Waals surface area contributed by atoms with E-state index in [1.165, 1.54) is 36.8 Å². The van der Waals surface area contributed by atoms with Gasteiger partial charge in [0.25, 0.3) is 0 Å². The van der Waals surface area contributed by atoms with Gasteiger partial charge in [-0.05, 0) is 86.0 Å². The summed E-state index contributed by atoms with van der Waals surface area (Å²) in [7, 11) is 0. The maximum Gasteiger partial charge on any atom is 0.161 e. The number of ketones is 1. The van der Waals surface area contributed by atoms with E-state index in [0.29, 0.717) is 24.2 Å². The zero-order valence-corrected chi connectivity index (χ0v) is 19.5. The molecule has 1 unspecified atom stereocenters. The quantitative estimate of drug-likeness (QED) is 0.580. The van der Waals surface area contributed by atoms with Gasteiger partial charge in [-0.3, -0.25) is 4.79 Å². The van der Waals surface area contributed by atoms with Crippen molar-refractivity contribution in [3.05, 3.63) is 35.5 Å². The van der Waals surface area contributed by atoms with E-state index in [1.807, 2.05) is 13.8 Å². The van der Waals surface area contributed by atoms with Crippen molar-refractivity contribution in [2.45, 2.75) is 97.7 Å². The zero-order chi connectivity index (χ0) is 22.1. The predicted octanol–water partition coefficient (Wildman–Crippen LogP) is 5.77. The first-order valence-corrected chi connectivity index (χ1v) is 12.1. The number of allylic oxidation sites excluding steroid dienone is 4. The Bertz CT molecular complexity index is 716. The second-order valence-corrected chi connectivity index (χ2v) is 10.9. The van der Waals surface area contributed by atoms with Crippen molar-refractivity contribution >= 4 is 5.78 Å². The van der Waals surface area contributed by atoms with Crippen LogP contribution >= 0.6 is 0 Å². The van der Waals surface area contributed by atoms with Crippen molar-refractivity contribution in [2.75, 3.05) is 0 Å². The Labute approximate surface area is 183 Å². The standard InChI is InChI=1S/C27H42O3/c1-17(2)26(30)25(29)15-19(4)23-12-13-24-20(7-6-14-27(23,24)5)9-10-21-16-22(28)11-8-18(21)3/h9-10,17,19,22-24,26,28,30H,3,6-8,11-16H2,1-2,4-5H3/b20-9+,21-10-/t19-,22+,23-,24+,26?,27-/m1/s1. The number of hydrogen-bond acceptors (Lipinski definition) is 3. The van der Waals surface area contributed by atoms with Gasteiger partial charge in [-0.1, -0.05) is 57.6 Å². The molecule has 3 nitrogen and oxygen atoms in total. The molecule has 30 heavy (non-hydrogen) atoms. The van der Waals surface area contributed by atoms with Gasteiger partial charge in [0.2, 0.25) is 0 Å². The fraction of sp³-hybridized carbons (Fsp3) is 0.741. The summed E-state index contributed by atoms with van der Waals surface area (Å²) in [6.07, 6.45) is 12.4. The maximum absolute atomic E-state index is 12.5. The minimum absolute atomic E-state index is 0.00947. The number of fused-ring (bicyclic) bond motifs is 1. The fourth-order valence-electron chi connectivity index (χ4n) is 6.56. The summed E-state index contributed by atoms with van der Waals surface area (Å²) in [6, 6.07) is 0. The van der Waals surface area contributed by atoms with E-state index >= 15 is 0 Å². The minimum Gasteiger partial charge on any atom is -0.393 e. The van der Waals surface area contributed by atoms with Gasteiger partial charge in [0.05, 0.1) is 6.10 Å². The molecule has 6 atom stereocenters. The summed E-state index contributed by atoms with van der Waals surface area (Å²) in [4.78, 5) is 12.5. The van der Waals surface area contributed by atoms with Crippen LogP contribution in [0.15, 0.2) is 35.5 Å². The molecular formula is C27H42O3. The Kier molecular flexibility index (Phi) is 7.45. The van der Waals surface area contributed by atoms with Gasteiger partial charge in [0, 0.05) is 6.42 Å². The van der Waals surface area contributed by atoms with Gasteiger partial charge in [0.1, 0.15) is 6.10 Å². The second-order valence-electron chi connectivity index (χ2n) is 10.9. The average molecular weight is 415 g/mol. The summed E-state index contributed by atoms with van der Waals surface area (Å²) < 4.78 is 0. The van der Waals surface area contributed by atoms with Crippen molar-refractivity contribution in [1.29, 1.82) is 0 Å². The van der Waals surface area contributed by atoms with E-state index in [0.717, 1.165) is 25.7 Å². The van der Waals surface area contributed by atoms with Gasteiger partial charge < -0.3 is 10.2 Å². The summed E-state index contributed by atoms with van der Waals surface area (Å²) in [5, 5.41) is 20.2. The zero-order valence-electron chi connectivity index (χ0n) is 19.5. The van der Waals surface area contributed by atoms with Gasteiger partial charge in [-0.15, -0.1) is 0 Å². The highest BCUT2D eigenvalue weighted by Gasteiger charge is 2.50. The molecule has 0 radical (unpaired) electrons. The monoisotopic (exact) mass is 414 g/mol. The summed E-state index contributed by atoms with van der Waals surface area (Å²) in [6.45, 7) is 12.7. The number of carbonyl (C=O) groups is 1. The van der Waals surface area contributed by atoms with Crippen LogP contribution in [-0.4, -0.2) is 28.2 Å². The smallest absolute Gasteiger partial charge is 0.161 e. The molecule has 0 aromatic rings. The maximum atomic E-state index is 12.5. The van der Waals surface area contributed by atoms with E-state index in [9.17, 15) is 15.0 Å². The molecule has 0 saturated heterocycles. The Morgan fingerprint density at radius 2 is 1.93 bits per heavy atom. The number of aliphatic hydroxyl groups is 2. The minimum atomic E-state index is -0.829. The molecule has 3 heteroatoms. The highest BCUT2D eigenvalue weighted by molar-refractivity contribution is 5.83. The van der Waals surface area contributed by atoms with E-state index in [1.54, 1.807) is 5.57 Å². The molecule has 0 aromatic carbocycles. The largest absolute Gasteiger partial charge is 0.393 e. The molecule has 0 heterocycles. The second kappa shape index (κ2) is 9.53. The third-order valence-electron chi connectivity index (χ3n) is 8.40. The molecule has 3 aliphatic rings. The molecule has 2 N–H and O–H groups in total.